The van der Waals surface area contributed by atoms with Crippen LogP contribution in [0.3, 0.4) is 0 Å². The fourth-order valence-corrected chi connectivity index (χ4v) is 3.75. The molecule has 4 nitrogen and oxygen atoms in total. The van der Waals surface area contributed by atoms with E-state index in [1.807, 2.05) is 0 Å². The molecule has 3 aliphatic heterocycles. The Labute approximate surface area is 111 Å². The van der Waals surface area contributed by atoms with Crippen LogP contribution >= 0.6 is 0 Å². The van der Waals surface area contributed by atoms with E-state index in [9.17, 15) is 0 Å². The molecule has 18 heavy (non-hydrogen) atoms. The second-order valence-corrected chi connectivity index (χ2v) is 6.70. The maximum atomic E-state index is 5.92. The highest BCUT2D eigenvalue weighted by atomic mass is 16.5. The van der Waals surface area contributed by atoms with Crippen molar-refractivity contribution in [3.05, 3.63) is 0 Å². The van der Waals surface area contributed by atoms with Crippen LogP contribution in [0.25, 0.3) is 0 Å². The lowest BCUT2D eigenvalue weighted by Crippen LogP contribution is -2.59. The fourth-order valence-electron chi connectivity index (χ4n) is 3.75. The maximum Gasteiger partial charge on any atom is 0.0707 e. The summed E-state index contributed by atoms with van der Waals surface area (Å²) in [7, 11) is 0. The zero-order chi connectivity index (χ0) is 12.6. The van der Waals surface area contributed by atoms with Crippen LogP contribution in [0.2, 0.25) is 0 Å². The number of nitrogens with zero attached hydrogens (tertiary/aromatic N) is 2. The predicted octanol–water partition coefficient (Wildman–Crippen LogP) is 0.533. The number of likely N-dealkylation sites (tertiary alicyclic amines) is 1. The lowest BCUT2D eigenvalue weighted by molar-refractivity contribution is -0.0548. The molecule has 0 radical (unpaired) electrons. The number of nitrogens with one attached hydrogen (secondary N) is 1. The van der Waals surface area contributed by atoms with E-state index in [0.717, 1.165) is 26.2 Å². The molecule has 3 fully saturated rings. The first-order chi connectivity index (χ1) is 8.63. The molecule has 3 aliphatic rings. The van der Waals surface area contributed by atoms with E-state index < -0.39 is 0 Å². The lowest BCUT2D eigenvalue weighted by atomic mass is 10.00. The molecular weight excluding hydrogens is 226 g/mol. The normalized spacial score (nSPS) is 35.0. The molecular formula is C14H27N3O. The van der Waals surface area contributed by atoms with Gasteiger partial charge >= 0.3 is 0 Å². The Morgan fingerprint density at radius 3 is 2.33 bits per heavy atom. The molecule has 0 aliphatic carbocycles. The molecule has 104 valence electrons. The molecule has 1 N–H and O–H groups in total. The van der Waals surface area contributed by atoms with Gasteiger partial charge in [0, 0.05) is 51.4 Å². The fraction of sp³-hybridized carbons (Fsp3) is 1.00. The van der Waals surface area contributed by atoms with E-state index in [1.54, 1.807) is 0 Å². The molecule has 2 atom stereocenters. The minimum Gasteiger partial charge on any atom is -0.372 e. The molecule has 3 saturated heterocycles. The van der Waals surface area contributed by atoms with Crippen molar-refractivity contribution in [2.24, 2.45) is 0 Å². The van der Waals surface area contributed by atoms with E-state index >= 15 is 0 Å². The number of rotatable bonds is 3. The predicted molar refractivity (Wildman–Crippen MR) is 72.9 cm³/mol. The van der Waals surface area contributed by atoms with E-state index in [-0.39, 0.29) is 0 Å². The van der Waals surface area contributed by atoms with Crippen LogP contribution in [0.5, 0.6) is 0 Å². The summed E-state index contributed by atoms with van der Waals surface area (Å²) in [4.78, 5) is 5.27. The SMILES string of the molecule is CC(C)(CN1CC2CCC(C1)O2)N1CCNCC1. The average molecular weight is 253 g/mol. The monoisotopic (exact) mass is 253 g/mol. The van der Waals surface area contributed by atoms with Crippen LogP contribution in [0.4, 0.5) is 0 Å². The first-order valence-corrected chi connectivity index (χ1v) is 7.47. The summed E-state index contributed by atoms with van der Waals surface area (Å²) in [6, 6.07) is 0. The van der Waals surface area contributed by atoms with E-state index in [4.69, 9.17) is 4.74 Å². The van der Waals surface area contributed by atoms with Gasteiger partial charge in [0.2, 0.25) is 0 Å². The van der Waals surface area contributed by atoms with E-state index in [1.165, 1.54) is 32.5 Å². The van der Waals surface area contributed by atoms with Crippen molar-refractivity contribution in [2.45, 2.75) is 44.4 Å². The van der Waals surface area contributed by atoms with Gasteiger partial charge in [-0.3, -0.25) is 9.80 Å². The summed E-state index contributed by atoms with van der Waals surface area (Å²) in [6.45, 7) is 12.9. The number of hydrogen-bond acceptors (Lipinski definition) is 4. The van der Waals surface area contributed by atoms with Gasteiger partial charge < -0.3 is 10.1 Å². The summed E-state index contributed by atoms with van der Waals surface area (Å²) >= 11 is 0. The molecule has 2 unspecified atom stereocenters. The number of morpholine rings is 1. The smallest absolute Gasteiger partial charge is 0.0707 e. The van der Waals surface area contributed by atoms with Crippen molar-refractivity contribution in [1.29, 1.82) is 0 Å². The third-order valence-electron chi connectivity index (χ3n) is 4.70. The van der Waals surface area contributed by atoms with Crippen LogP contribution in [-0.2, 0) is 4.74 Å². The number of hydrogen-bond donors (Lipinski definition) is 1. The zero-order valence-electron chi connectivity index (χ0n) is 11.8. The summed E-state index contributed by atoms with van der Waals surface area (Å²) < 4.78 is 5.92. The lowest BCUT2D eigenvalue weighted by Gasteiger charge is -2.45. The molecule has 3 rings (SSSR count). The Morgan fingerprint density at radius 1 is 1.11 bits per heavy atom. The van der Waals surface area contributed by atoms with Gasteiger partial charge in [0.15, 0.2) is 0 Å². The Kier molecular flexibility index (Phi) is 3.63. The summed E-state index contributed by atoms with van der Waals surface area (Å²) in [6.07, 6.45) is 3.58. The van der Waals surface area contributed by atoms with Gasteiger partial charge in [0.05, 0.1) is 12.2 Å². The topological polar surface area (TPSA) is 27.7 Å². The second kappa shape index (κ2) is 5.08. The molecule has 0 aromatic heterocycles. The number of fused-ring (bicyclic) bond motifs is 2. The van der Waals surface area contributed by atoms with Crippen LogP contribution in [0, 0.1) is 0 Å². The van der Waals surface area contributed by atoms with Gasteiger partial charge in [-0.05, 0) is 26.7 Å². The molecule has 4 heteroatoms. The van der Waals surface area contributed by atoms with Gasteiger partial charge in [-0.25, -0.2) is 0 Å². The van der Waals surface area contributed by atoms with Crippen molar-refractivity contribution in [3.63, 3.8) is 0 Å². The van der Waals surface area contributed by atoms with Crippen molar-refractivity contribution >= 4 is 0 Å². The van der Waals surface area contributed by atoms with Crippen LogP contribution in [0.15, 0.2) is 0 Å². The first kappa shape index (κ1) is 12.9. The molecule has 2 bridgehead atoms. The van der Waals surface area contributed by atoms with Crippen molar-refractivity contribution in [2.75, 3.05) is 45.8 Å². The summed E-state index contributed by atoms with van der Waals surface area (Å²) in [5.74, 6) is 0. The third kappa shape index (κ3) is 2.72. The molecule has 3 heterocycles. The molecule has 0 amide bonds. The largest absolute Gasteiger partial charge is 0.372 e. The van der Waals surface area contributed by atoms with Gasteiger partial charge in [-0.1, -0.05) is 0 Å². The quantitative estimate of drug-likeness (QED) is 0.794. The molecule has 0 aromatic carbocycles. The Morgan fingerprint density at radius 2 is 1.72 bits per heavy atom. The van der Waals surface area contributed by atoms with E-state index in [2.05, 4.69) is 29.0 Å². The highest BCUT2D eigenvalue weighted by Crippen LogP contribution is 2.28. The maximum absolute atomic E-state index is 5.92. The van der Waals surface area contributed by atoms with Crippen LogP contribution in [0.1, 0.15) is 26.7 Å². The highest BCUT2D eigenvalue weighted by molar-refractivity contribution is 4.92. The van der Waals surface area contributed by atoms with Crippen LogP contribution in [-0.4, -0.2) is 73.4 Å². The average Bonchev–Trinajstić information content (AvgIpc) is 2.69. The minimum atomic E-state index is 0.291. The summed E-state index contributed by atoms with van der Waals surface area (Å²) in [5, 5.41) is 3.44. The Balaban J connectivity index is 1.57. The summed E-state index contributed by atoms with van der Waals surface area (Å²) in [5.41, 5.74) is 0.291. The number of piperazine rings is 1. The molecule has 0 spiro atoms. The highest BCUT2D eigenvalue weighted by Gasteiger charge is 2.37. The zero-order valence-corrected chi connectivity index (χ0v) is 11.8. The number of ether oxygens (including phenoxy) is 1. The Bertz CT molecular complexity index is 277. The van der Waals surface area contributed by atoms with Crippen molar-refractivity contribution < 1.29 is 4.74 Å². The van der Waals surface area contributed by atoms with Crippen LogP contribution < -0.4 is 5.32 Å². The molecule has 0 saturated carbocycles. The third-order valence-corrected chi connectivity index (χ3v) is 4.70. The van der Waals surface area contributed by atoms with Gasteiger partial charge in [-0.2, -0.15) is 0 Å². The standard InChI is InChI=1S/C14H27N3O/c1-14(2,17-7-5-15-6-8-17)11-16-9-12-3-4-13(10-16)18-12/h12-13,15H,3-11H2,1-2H3. The minimum absolute atomic E-state index is 0.291. The van der Waals surface area contributed by atoms with Crippen molar-refractivity contribution in [3.8, 4) is 0 Å². The van der Waals surface area contributed by atoms with Gasteiger partial charge in [-0.15, -0.1) is 0 Å². The second-order valence-electron chi connectivity index (χ2n) is 6.70. The van der Waals surface area contributed by atoms with Crippen molar-refractivity contribution in [1.82, 2.24) is 15.1 Å². The van der Waals surface area contributed by atoms with Gasteiger partial charge in [0.25, 0.3) is 0 Å². The van der Waals surface area contributed by atoms with E-state index in [0.29, 0.717) is 17.7 Å². The first-order valence-electron chi connectivity index (χ1n) is 7.47. The Hall–Kier alpha value is -0.160. The van der Waals surface area contributed by atoms with Gasteiger partial charge in [0.1, 0.15) is 0 Å². The molecule has 0 aromatic rings.